The van der Waals surface area contributed by atoms with Gasteiger partial charge in [0.05, 0.1) is 0 Å². The van der Waals surface area contributed by atoms with Gasteiger partial charge in [-0.25, -0.2) is 0 Å². The first-order valence-electron chi connectivity index (χ1n) is 4.40. The molecule has 4 heteroatoms. The normalized spacial score (nSPS) is 9.86. The average molecular weight is 210 g/mol. The van der Waals surface area contributed by atoms with Gasteiger partial charge >= 0.3 is 0 Å². The molecule has 0 fully saturated rings. The van der Waals surface area contributed by atoms with Crippen LogP contribution in [0.1, 0.15) is 6.42 Å². The predicted octanol–water partition coefficient (Wildman–Crippen LogP) is 1.70. The molecule has 0 atom stereocenters. The number of carbonyl (C=O) groups excluding carboxylic acids is 1. The molecule has 0 aliphatic carbocycles. The first-order chi connectivity index (χ1) is 6.76. The van der Waals surface area contributed by atoms with Crippen molar-refractivity contribution in [1.29, 1.82) is 0 Å². The number of benzene rings is 1. The van der Waals surface area contributed by atoms with Crippen LogP contribution in [0.5, 0.6) is 0 Å². The molecule has 0 unspecified atom stereocenters. The van der Waals surface area contributed by atoms with Crippen molar-refractivity contribution in [2.24, 2.45) is 5.73 Å². The first kappa shape index (κ1) is 11.1. The third-order valence-electron chi connectivity index (χ3n) is 1.75. The predicted molar refractivity (Wildman–Crippen MR) is 60.5 cm³/mol. The van der Waals surface area contributed by atoms with Gasteiger partial charge in [0, 0.05) is 23.5 Å². The maximum Gasteiger partial charge on any atom is 0.225 e. The summed E-state index contributed by atoms with van der Waals surface area (Å²) in [7, 11) is 0. The van der Waals surface area contributed by atoms with E-state index >= 15 is 0 Å². The van der Waals surface area contributed by atoms with Crippen molar-refractivity contribution in [2.75, 3.05) is 18.1 Å². The summed E-state index contributed by atoms with van der Waals surface area (Å²) in [4.78, 5) is 12.4. The fraction of sp³-hybridized carbons (Fsp3) is 0.300. The van der Waals surface area contributed by atoms with Gasteiger partial charge in [0.2, 0.25) is 5.91 Å². The van der Waals surface area contributed by atoms with Gasteiger partial charge in [-0.2, -0.15) is 0 Å². The monoisotopic (exact) mass is 210 g/mol. The maximum absolute atomic E-state index is 11.2. The fourth-order valence-corrected chi connectivity index (χ4v) is 1.44. The van der Waals surface area contributed by atoms with Gasteiger partial charge in [-0.15, -0.1) is 11.8 Å². The van der Waals surface area contributed by atoms with Crippen LogP contribution in [0.15, 0.2) is 29.2 Å². The van der Waals surface area contributed by atoms with Gasteiger partial charge in [0.15, 0.2) is 0 Å². The molecule has 1 aromatic carbocycles. The minimum atomic E-state index is -0.0376. The third-order valence-corrected chi connectivity index (χ3v) is 2.49. The molecule has 0 saturated carbocycles. The summed E-state index contributed by atoms with van der Waals surface area (Å²) in [6.07, 6.45) is 2.38. The lowest BCUT2D eigenvalue weighted by Crippen LogP contribution is -2.15. The Hall–Kier alpha value is -1.00. The van der Waals surface area contributed by atoms with Crippen LogP contribution >= 0.6 is 11.8 Å². The van der Waals surface area contributed by atoms with Crippen LogP contribution in [-0.2, 0) is 4.79 Å². The molecule has 3 N–H and O–H groups in total. The number of rotatable bonds is 4. The zero-order valence-corrected chi connectivity index (χ0v) is 8.93. The van der Waals surface area contributed by atoms with E-state index in [1.807, 2.05) is 30.5 Å². The summed E-state index contributed by atoms with van der Waals surface area (Å²) in [5.41, 5.74) is 6.09. The SMILES string of the molecule is CSc1ccc(NC(=O)CCN)cc1. The standard InChI is InChI=1S/C10H14N2OS/c1-14-9-4-2-8(3-5-9)12-10(13)6-7-11/h2-5H,6-7,11H2,1H3,(H,12,13). The van der Waals surface area contributed by atoms with Gasteiger partial charge in [-0.05, 0) is 30.5 Å². The van der Waals surface area contributed by atoms with Gasteiger partial charge in [0.25, 0.3) is 0 Å². The summed E-state index contributed by atoms with van der Waals surface area (Å²) >= 11 is 1.67. The summed E-state index contributed by atoms with van der Waals surface area (Å²) in [5.74, 6) is -0.0376. The Morgan fingerprint density at radius 2 is 2.07 bits per heavy atom. The van der Waals surface area contributed by atoms with Crippen molar-refractivity contribution < 1.29 is 4.79 Å². The molecule has 1 aromatic rings. The number of anilines is 1. The average Bonchev–Trinajstić information content (AvgIpc) is 2.19. The van der Waals surface area contributed by atoms with E-state index in [2.05, 4.69) is 5.32 Å². The molecular weight excluding hydrogens is 196 g/mol. The Kier molecular flexibility index (Phi) is 4.49. The van der Waals surface area contributed by atoms with Gasteiger partial charge in [0.1, 0.15) is 0 Å². The minimum Gasteiger partial charge on any atom is -0.330 e. The molecule has 0 aliphatic rings. The van der Waals surface area contributed by atoms with Crippen LogP contribution in [0.4, 0.5) is 5.69 Å². The lowest BCUT2D eigenvalue weighted by atomic mass is 10.3. The molecule has 0 aromatic heterocycles. The van der Waals surface area contributed by atoms with Crippen molar-refractivity contribution in [2.45, 2.75) is 11.3 Å². The quantitative estimate of drug-likeness (QED) is 0.744. The second-order valence-electron chi connectivity index (χ2n) is 2.82. The van der Waals surface area contributed by atoms with Gasteiger partial charge < -0.3 is 11.1 Å². The molecule has 0 spiro atoms. The Morgan fingerprint density at radius 3 is 2.57 bits per heavy atom. The highest BCUT2D eigenvalue weighted by Gasteiger charge is 1.99. The van der Waals surface area contributed by atoms with Crippen LogP contribution in [0.2, 0.25) is 0 Å². The number of carbonyl (C=O) groups is 1. The lowest BCUT2D eigenvalue weighted by Gasteiger charge is -2.04. The summed E-state index contributed by atoms with van der Waals surface area (Å²) in [6, 6.07) is 7.73. The molecule has 1 rings (SSSR count). The smallest absolute Gasteiger partial charge is 0.225 e. The molecule has 0 saturated heterocycles. The zero-order chi connectivity index (χ0) is 10.4. The van der Waals surface area contributed by atoms with Gasteiger partial charge in [-0.1, -0.05) is 0 Å². The number of hydrogen-bond donors (Lipinski definition) is 2. The summed E-state index contributed by atoms with van der Waals surface area (Å²) in [6.45, 7) is 0.384. The largest absolute Gasteiger partial charge is 0.330 e. The third kappa shape index (κ3) is 3.40. The van der Waals surface area contributed by atoms with E-state index in [1.54, 1.807) is 11.8 Å². The molecule has 1 amide bonds. The Bertz CT molecular complexity index is 297. The van der Waals surface area contributed by atoms with Crippen LogP contribution in [-0.4, -0.2) is 18.7 Å². The second kappa shape index (κ2) is 5.67. The number of amides is 1. The lowest BCUT2D eigenvalue weighted by molar-refractivity contribution is -0.116. The maximum atomic E-state index is 11.2. The molecule has 3 nitrogen and oxygen atoms in total. The Morgan fingerprint density at radius 1 is 1.43 bits per heavy atom. The summed E-state index contributed by atoms with van der Waals surface area (Å²) in [5, 5.41) is 2.77. The van der Waals surface area contributed by atoms with Crippen molar-refractivity contribution in [3.05, 3.63) is 24.3 Å². The van der Waals surface area contributed by atoms with Crippen molar-refractivity contribution >= 4 is 23.4 Å². The Labute approximate surface area is 88.1 Å². The Balaban J connectivity index is 2.55. The van der Waals surface area contributed by atoms with E-state index in [9.17, 15) is 4.79 Å². The molecule has 0 aliphatic heterocycles. The highest BCUT2D eigenvalue weighted by Crippen LogP contribution is 2.17. The van der Waals surface area contributed by atoms with Crippen LogP contribution in [0.3, 0.4) is 0 Å². The van der Waals surface area contributed by atoms with Gasteiger partial charge in [-0.3, -0.25) is 4.79 Å². The van der Waals surface area contributed by atoms with Crippen LogP contribution < -0.4 is 11.1 Å². The van der Waals surface area contributed by atoms with Crippen molar-refractivity contribution in [3.63, 3.8) is 0 Å². The molecule has 14 heavy (non-hydrogen) atoms. The minimum absolute atomic E-state index is 0.0376. The number of nitrogens with one attached hydrogen (secondary N) is 1. The molecule has 0 radical (unpaired) electrons. The van der Waals surface area contributed by atoms with Crippen LogP contribution in [0.25, 0.3) is 0 Å². The molecular formula is C10H14N2OS. The summed E-state index contributed by atoms with van der Waals surface area (Å²) < 4.78 is 0. The highest BCUT2D eigenvalue weighted by atomic mass is 32.2. The molecule has 0 bridgehead atoms. The highest BCUT2D eigenvalue weighted by molar-refractivity contribution is 7.98. The fourth-order valence-electron chi connectivity index (χ4n) is 1.03. The number of thioether (sulfide) groups is 1. The topological polar surface area (TPSA) is 55.1 Å². The second-order valence-corrected chi connectivity index (χ2v) is 3.70. The van der Waals surface area contributed by atoms with Crippen molar-refractivity contribution in [3.8, 4) is 0 Å². The first-order valence-corrected chi connectivity index (χ1v) is 5.62. The number of hydrogen-bond acceptors (Lipinski definition) is 3. The van der Waals surface area contributed by atoms with Crippen molar-refractivity contribution in [1.82, 2.24) is 0 Å². The van der Waals surface area contributed by atoms with E-state index in [-0.39, 0.29) is 5.91 Å². The van der Waals surface area contributed by atoms with E-state index in [0.29, 0.717) is 13.0 Å². The van der Waals surface area contributed by atoms with E-state index in [4.69, 9.17) is 5.73 Å². The molecule has 0 heterocycles. The molecule has 76 valence electrons. The number of nitrogens with two attached hydrogens (primary N) is 1. The van der Waals surface area contributed by atoms with Crippen LogP contribution in [0, 0.1) is 0 Å². The zero-order valence-electron chi connectivity index (χ0n) is 8.12. The van der Waals surface area contributed by atoms with E-state index < -0.39 is 0 Å². The van der Waals surface area contributed by atoms with E-state index in [1.165, 1.54) is 4.90 Å². The van der Waals surface area contributed by atoms with E-state index in [0.717, 1.165) is 5.69 Å².